The maximum atomic E-state index is 13.4. The van der Waals surface area contributed by atoms with E-state index in [0.717, 1.165) is 28.1 Å². The third-order valence-electron chi connectivity index (χ3n) is 6.37. The summed E-state index contributed by atoms with van der Waals surface area (Å²) in [5.41, 5.74) is 4.77. The summed E-state index contributed by atoms with van der Waals surface area (Å²) in [6.45, 7) is 5.95. The van der Waals surface area contributed by atoms with Gasteiger partial charge in [0.15, 0.2) is 0 Å². The minimum absolute atomic E-state index is 0.142. The number of nitrogens with zero attached hydrogens (tertiary/aromatic N) is 3. The molecule has 0 bridgehead atoms. The Balaban J connectivity index is 1.67. The molecule has 0 saturated carbocycles. The molecule has 0 atom stereocenters. The van der Waals surface area contributed by atoms with Crippen LogP contribution in [0.2, 0.25) is 0 Å². The Hall–Kier alpha value is -4.59. The molecule has 0 aliphatic heterocycles. The lowest BCUT2D eigenvalue weighted by atomic mass is 10.1. The van der Waals surface area contributed by atoms with E-state index in [1.54, 1.807) is 30.0 Å². The first-order chi connectivity index (χ1) is 18.4. The number of benzene rings is 3. The van der Waals surface area contributed by atoms with E-state index in [0.29, 0.717) is 29.4 Å². The van der Waals surface area contributed by atoms with Crippen LogP contribution in [0.5, 0.6) is 11.5 Å². The van der Waals surface area contributed by atoms with E-state index < -0.39 is 0 Å². The zero-order valence-electron chi connectivity index (χ0n) is 22.3. The standard InChI is InChI=1S/C30H32N4O4/c1-6-33(30(36)24-17-16-23(37-4)18-26(24)38-5)19-27(35)31-29-28(22-13-8-7-9-14-22)21(3)32-34(29)25-15-11-10-12-20(25)2/h7-18H,6,19H2,1-5H3,(H,31,35). The lowest BCUT2D eigenvalue weighted by molar-refractivity contribution is -0.116. The van der Waals surface area contributed by atoms with Crippen molar-refractivity contribution < 1.29 is 19.1 Å². The van der Waals surface area contributed by atoms with E-state index in [-0.39, 0.29) is 18.4 Å². The summed E-state index contributed by atoms with van der Waals surface area (Å²) in [7, 11) is 3.04. The van der Waals surface area contributed by atoms with Gasteiger partial charge in [-0.25, -0.2) is 4.68 Å². The van der Waals surface area contributed by atoms with Crippen LogP contribution in [0.15, 0.2) is 72.8 Å². The van der Waals surface area contributed by atoms with Crippen molar-refractivity contribution in [3.63, 3.8) is 0 Å². The Kier molecular flexibility index (Phi) is 8.11. The summed E-state index contributed by atoms with van der Waals surface area (Å²) in [4.78, 5) is 28.3. The van der Waals surface area contributed by atoms with Crippen molar-refractivity contribution in [3.05, 3.63) is 89.6 Å². The van der Waals surface area contributed by atoms with Crippen molar-refractivity contribution >= 4 is 17.6 Å². The van der Waals surface area contributed by atoms with E-state index in [2.05, 4.69) is 5.32 Å². The van der Waals surface area contributed by atoms with Crippen LogP contribution in [-0.4, -0.2) is 53.8 Å². The number of carbonyl (C=O) groups is 2. The zero-order valence-corrected chi connectivity index (χ0v) is 22.3. The molecule has 1 heterocycles. The smallest absolute Gasteiger partial charge is 0.258 e. The van der Waals surface area contributed by atoms with E-state index in [9.17, 15) is 9.59 Å². The number of para-hydroxylation sites is 1. The minimum Gasteiger partial charge on any atom is -0.497 e. The van der Waals surface area contributed by atoms with Gasteiger partial charge in [-0.05, 0) is 50.1 Å². The molecule has 1 N–H and O–H groups in total. The van der Waals surface area contributed by atoms with Gasteiger partial charge in [0.1, 0.15) is 23.9 Å². The van der Waals surface area contributed by atoms with Gasteiger partial charge in [-0.1, -0.05) is 48.5 Å². The number of nitrogens with one attached hydrogen (secondary N) is 1. The molecule has 0 radical (unpaired) electrons. The van der Waals surface area contributed by atoms with Gasteiger partial charge in [-0.3, -0.25) is 9.59 Å². The molecule has 0 aliphatic carbocycles. The average Bonchev–Trinajstić information content (AvgIpc) is 3.26. The van der Waals surface area contributed by atoms with Gasteiger partial charge >= 0.3 is 0 Å². The van der Waals surface area contributed by atoms with Crippen LogP contribution in [0, 0.1) is 13.8 Å². The topological polar surface area (TPSA) is 85.7 Å². The monoisotopic (exact) mass is 512 g/mol. The number of aromatic nitrogens is 2. The van der Waals surface area contributed by atoms with Crippen LogP contribution < -0.4 is 14.8 Å². The third-order valence-corrected chi connectivity index (χ3v) is 6.37. The highest BCUT2D eigenvalue weighted by atomic mass is 16.5. The number of carbonyl (C=O) groups excluding carboxylic acids is 2. The molecule has 4 rings (SSSR count). The Labute approximate surface area is 222 Å². The molecule has 3 aromatic carbocycles. The first-order valence-electron chi connectivity index (χ1n) is 12.4. The molecule has 0 saturated heterocycles. The summed E-state index contributed by atoms with van der Waals surface area (Å²) in [6.07, 6.45) is 0. The molecule has 0 aliphatic rings. The van der Waals surface area contributed by atoms with E-state index in [1.165, 1.54) is 12.0 Å². The first kappa shape index (κ1) is 26.5. The van der Waals surface area contributed by atoms with Gasteiger partial charge in [0.2, 0.25) is 5.91 Å². The lowest BCUT2D eigenvalue weighted by Gasteiger charge is -2.22. The van der Waals surface area contributed by atoms with Crippen LogP contribution in [0.3, 0.4) is 0 Å². The van der Waals surface area contributed by atoms with Crippen molar-refractivity contribution in [2.24, 2.45) is 0 Å². The number of methoxy groups -OCH3 is 2. The molecule has 1 aromatic heterocycles. The fraction of sp³-hybridized carbons (Fsp3) is 0.233. The highest BCUT2D eigenvalue weighted by Crippen LogP contribution is 2.34. The molecule has 0 spiro atoms. The Morgan fingerprint density at radius 1 is 0.947 bits per heavy atom. The molecule has 8 nitrogen and oxygen atoms in total. The molecular weight excluding hydrogens is 480 g/mol. The van der Waals surface area contributed by atoms with Crippen LogP contribution in [0.1, 0.15) is 28.5 Å². The van der Waals surface area contributed by atoms with Crippen molar-refractivity contribution in [3.8, 4) is 28.3 Å². The molecule has 8 heteroatoms. The Morgan fingerprint density at radius 3 is 2.32 bits per heavy atom. The summed E-state index contributed by atoms with van der Waals surface area (Å²) in [5.74, 6) is 0.868. The van der Waals surface area contributed by atoms with Gasteiger partial charge in [-0.2, -0.15) is 5.10 Å². The predicted molar refractivity (Wildman–Crippen MR) is 148 cm³/mol. The second kappa shape index (κ2) is 11.6. The normalized spacial score (nSPS) is 10.7. The maximum absolute atomic E-state index is 13.4. The number of amides is 2. The third kappa shape index (κ3) is 5.39. The van der Waals surface area contributed by atoms with E-state index in [4.69, 9.17) is 14.6 Å². The van der Waals surface area contributed by atoms with Crippen molar-refractivity contribution in [2.75, 3.05) is 32.6 Å². The average molecular weight is 513 g/mol. The molecule has 38 heavy (non-hydrogen) atoms. The number of hydrogen-bond donors (Lipinski definition) is 1. The maximum Gasteiger partial charge on any atom is 0.258 e. The molecule has 196 valence electrons. The van der Waals surface area contributed by atoms with Gasteiger partial charge in [0.05, 0.1) is 31.2 Å². The van der Waals surface area contributed by atoms with E-state index >= 15 is 0 Å². The zero-order chi connectivity index (χ0) is 27.2. The Bertz CT molecular complexity index is 1450. The second-order valence-corrected chi connectivity index (χ2v) is 8.81. The summed E-state index contributed by atoms with van der Waals surface area (Å²) >= 11 is 0. The SMILES string of the molecule is CCN(CC(=O)Nc1c(-c2ccccc2)c(C)nn1-c1ccccc1C)C(=O)c1ccc(OC)cc1OC. The fourth-order valence-electron chi connectivity index (χ4n) is 4.39. The number of likely N-dealkylation sites (N-methyl/N-ethyl adjacent to an activating group) is 1. The summed E-state index contributed by atoms with van der Waals surface area (Å²) in [6, 6.07) is 22.7. The summed E-state index contributed by atoms with van der Waals surface area (Å²) in [5, 5.41) is 7.84. The highest BCUT2D eigenvalue weighted by Gasteiger charge is 2.24. The molecule has 4 aromatic rings. The number of aryl methyl sites for hydroxylation is 2. The molecule has 2 amide bonds. The molecule has 0 fully saturated rings. The number of anilines is 1. The van der Waals surface area contributed by atoms with Gasteiger partial charge < -0.3 is 19.7 Å². The number of rotatable bonds is 9. The highest BCUT2D eigenvalue weighted by molar-refractivity contribution is 6.02. The first-order valence-corrected chi connectivity index (χ1v) is 12.4. The van der Waals surface area contributed by atoms with Gasteiger partial charge in [-0.15, -0.1) is 0 Å². The van der Waals surface area contributed by atoms with Crippen molar-refractivity contribution in [2.45, 2.75) is 20.8 Å². The van der Waals surface area contributed by atoms with Gasteiger partial charge in [0.25, 0.3) is 5.91 Å². The summed E-state index contributed by atoms with van der Waals surface area (Å²) < 4.78 is 12.4. The molecular formula is C30H32N4O4. The van der Waals surface area contributed by atoms with Crippen LogP contribution in [-0.2, 0) is 4.79 Å². The second-order valence-electron chi connectivity index (χ2n) is 8.81. The number of ether oxygens (including phenoxy) is 2. The van der Waals surface area contributed by atoms with Crippen molar-refractivity contribution in [1.82, 2.24) is 14.7 Å². The van der Waals surface area contributed by atoms with Gasteiger partial charge in [0, 0.05) is 18.2 Å². The predicted octanol–water partition coefficient (Wildman–Crippen LogP) is 5.27. The van der Waals surface area contributed by atoms with Crippen molar-refractivity contribution in [1.29, 1.82) is 0 Å². The van der Waals surface area contributed by atoms with Crippen LogP contribution in [0.4, 0.5) is 5.82 Å². The lowest BCUT2D eigenvalue weighted by Crippen LogP contribution is -2.38. The molecule has 0 unspecified atom stereocenters. The number of hydrogen-bond acceptors (Lipinski definition) is 5. The quantitative estimate of drug-likeness (QED) is 0.330. The fourth-order valence-corrected chi connectivity index (χ4v) is 4.39. The minimum atomic E-state index is -0.334. The largest absolute Gasteiger partial charge is 0.497 e. The Morgan fingerprint density at radius 2 is 1.66 bits per heavy atom. The van der Waals surface area contributed by atoms with Crippen LogP contribution >= 0.6 is 0 Å². The van der Waals surface area contributed by atoms with Crippen LogP contribution in [0.25, 0.3) is 16.8 Å². The van der Waals surface area contributed by atoms with E-state index in [1.807, 2.05) is 75.4 Å².